The van der Waals surface area contributed by atoms with Crippen molar-refractivity contribution in [1.82, 2.24) is 4.57 Å². The molecule has 0 aliphatic rings. The highest BCUT2D eigenvalue weighted by molar-refractivity contribution is 5.38. The average molecular weight is 330 g/mol. The van der Waals surface area contributed by atoms with Gasteiger partial charge in [0.05, 0.1) is 11.1 Å². The summed E-state index contributed by atoms with van der Waals surface area (Å²) in [6.07, 6.45) is 7.13. The smallest absolute Gasteiger partial charge is 0.269 e. The van der Waals surface area contributed by atoms with E-state index in [0.717, 1.165) is 25.0 Å². The van der Waals surface area contributed by atoms with Crippen LogP contribution in [0.1, 0.15) is 38.3 Å². The predicted octanol–water partition coefficient (Wildman–Crippen LogP) is 4.21. The third-order valence-electron chi connectivity index (χ3n) is 3.87. The molecule has 2 aromatic rings. The van der Waals surface area contributed by atoms with E-state index in [9.17, 15) is 14.9 Å². The van der Waals surface area contributed by atoms with Crippen molar-refractivity contribution in [3.8, 4) is 11.5 Å². The number of nitro groups is 1. The number of benzene rings is 1. The zero-order valence-corrected chi connectivity index (χ0v) is 14.0. The lowest BCUT2D eigenvalue weighted by Crippen LogP contribution is -2.12. The van der Waals surface area contributed by atoms with E-state index in [2.05, 4.69) is 6.92 Å². The average Bonchev–Trinajstić information content (AvgIpc) is 2.56. The molecule has 2 rings (SSSR count). The summed E-state index contributed by atoms with van der Waals surface area (Å²) >= 11 is 0. The second kappa shape index (κ2) is 8.29. The molecule has 0 saturated heterocycles. The van der Waals surface area contributed by atoms with E-state index < -0.39 is 4.92 Å². The standard InChI is InChI=1S/C18H22N2O4/c1-3-4-5-6-7-15-12-17(21)18(13-19(15)2)24-16-10-8-14(9-11-16)20(22)23/h8-13H,3-7H2,1-2H3. The molecule has 0 amide bonds. The van der Waals surface area contributed by atoms with E-state index in [1.807, 2.05) is 11.6 Å². The summed E-state index contributed by atoms with van der Waals surface area (Å²) in [5.41, 5.74) is 0.779. The molecule has 6 nitrogen and oxygen atoms in total. The minimum atomic E-state index is -0.476. The van der Waals surface area contributed by atoms with Gasteiger partial charge in [0.1, 0.15) is 5.75 Å². The number of aryl methyl sites for hydroxylation is 2. The molecule has 0 fully saturated rings. The van der Waals surface area contributed by atoms with E-state index in [1.165, 1.54) is 37.1 Å². The maximum Gasteiger partial charge on any atom is 0.269 e. The van der Waals surface area contributed by atoms with E-state index in [0.29, 0.717) is 5.75 Å². The van der Waals surface area contributed by atoms with Crippen molar-refractivity contribution in [3.63, 3.8) is 0 Å². The third kappa shape index (κ3) is 4.68. The van der Waals surface area contributed by atoms with Crippen LogP contribution in [0.2, 0.25) is 0 Å². The third-order valence-corrected chi connectivity index (χ3v) is 3.87. The van der Waals surface area contributed by atoms with Crippen molar-refractivity contribution < 1.29 is 9.66 Å². The first kappa shape index (κ1) is 17.7. The lowest BCUT2D eigenvalue weighted by molar-refractivity contribution is -0.384. The number of non-ortho nitro benzene ring substituents is 1. The van der Waals surface area contributed by atoms with Gasteiger partial charge in [-0.15, -0.1) is 0 Å². The first-order valence-electron chi connectivity index (χ1n) is 8.13. The van der Waals surface area contributed by atoms with Gasteiger partial charge in [-0.25, -0.2) is 0 Å². The van der Waals surface area contributed by atoms with Crippen LogP contribution in [0.4, 0.5) is 5.69 Å². The minimum Gasteiger partial charge on any atom is -0.452 e. The van der Waals surface area contributed by atoms with E-state index >= 15 is 0 Å². The van der Waals surface area contributed by atoms with Crippen LogP contribution in [-0.2, 0) is 13.5 Å². The van der Waals surface area contributed by atoms with Crippen molar-refractivity contribution in [1.29, 1.82) is 0 Å². The Hall–Kier alpha value is -2.63. The molecule has 1 heterocycles. The number of pyridine rings is 1. The fourth-order valence-electron chi connectivity index (χ4n) is 2.47. The molecule has 0 aliphatic heterocycles. The summed E-state index contributed by atoms with van der Waals surface area (Å²) in [4.78, 5) is 22.4. The summed E-state index contributed by atoms with van der Waals surface area (Å²) in [6.45, 7) is 2.17. The van der Waals surface area contributed by atoms with Crippen LogP contribution in [0.5, 0.6) is 11.5 Å². The van der Waals surface area contributed by atoms with E-state index in [-0.39, 0.29) is 16.9 Å². The molecule has 0 radical (unpaired) electrons. The minimum absolute atomic E-state index is 0.0160. The molecule has 1 aromatic carbocycles. The molecule has 0 saturated carbocycles. The monoisotopic (exact) mass is 330 g/mol. The van der Waals surface area contributed by atoms with Crippen molar-refractivity contribution >= 4 is 5.69 Å². The largest absolute Gasteiger partial charge is 0.452 e. The van der Waals surface area contributed by atoms with Crippen LogP contribution in [0.15, 0.2) is 41.3 Å². The van der Waals surface area contributed by atoms with Crippen LogP contribution in [0, 0.1) is 10.1 Å². The Balaban J connectivity index is 2.09. The molecule has 6 heteroatoms. The van der Waals surface area contributed by atoms with Crippen molar-refractivity contribution in [3.05, 3.63) is 62.6 Å². The molecule has 0 bridgehead atoms. The molecule has 24 heavy (non-hydrogen) atoms. The Morgan fingerprint density at radius 3 is 2.50 bits per heavy atom. The molecule has 0 spiro atoms. The van der Waals surface area contributed by atoms with Gasteiger partial charge in [-0.1, -0.05) is 26.2 Å². The second-order valence-corrected chi connectivity index (χ2v) is 5.77. The number of nitrogens with zero attached hydrogens (tertiary/aromatic N) is 2. The summed E-state index contributed by atoms with van der Waals surface area (Å²) < 4.78 is 7.46. The number of hydrogen-bond acceptors (Lipinski definition) is 4. The Bertz CT molecular complexity index is 751. The Kier molecular flexibility index (Phi) is 6.12. The lowest BCUT2D eigenvalue weighted by atomic mass is 10.1. The highest BCUT2D eigenvalue weighted by Gasteiger charge is 2.09. The first-order valence-corrected chi connectivity index (χ1v) is 8.13. The summed E-state index contributed by atoms with van der Waals surface area (Å²) in [5, 5.41) is 10.6. The fourth-order valence-corrected chi connectivity index (χ4v) is 2.47. The molecule has 128 valence electrons. The highest BCUT2D eigenvalue weighted by Crippen LogP contribution is 2.22. The number of aromatic nitrogens is 1. The number of unbranched alkanes of at least 4 members (excludes halogenated alkanes) is 3. The number of nitro benzene ring substituents is 1. The Morgan fingerprint density at radius 1 is 1.17 bits per heavy atom. The van der Waals surface area contributed by atoms with Gasteiger partial charge < -0.3 is 9.30 Å². The highest BCUT2D eigenvalue weighted by atomic mass is 16.6. The topological polar surface area (TPSA) is 74.4 Å². The molecular weight excluding hydrogens is 308 g/mol. The fraction of sp³-hybridized carbons (Fsp3) is 0.389. The van der Waals surface area contributed by atoms with E-state index in [1.54, 1.807) is 12.3 Å². The Morgan fingerprint density at radius 2 is 1.88 bits per heavy atom. The summed E-state index contributed by atoms with van der Waals surface area (Å²) in [5.74, 6) is 0.608. The van der Waals surface area contributed by atoms with Gasteiger partial charge in [0.15, 0.2) is 5.75 Å². The zero-order chi connectivity index (χ0) is 17.5. The van der Waals surface area contributed by atoms with Gasteiger partial charge in [-0.05, 0) is 25.0 Å². The molecule has 0 atom stereocenters. The van der Waals surface area contributed by atoms with Crippen molar-refractivity contribution in [2.75, 3.05) is 0 Å². The summed E-state index contributed by atoms with van der Waals surface area (Å²) in [6, 6.07) is 7.27. The lowest BCUT2D eigenvalue weighted by Gasteiger charge is -2.11. The quantitative estimate of drug-likeness (QED) is 0.413. The van der Waals surface area contributed by atoms with Crippen LogP contribution >= 0.6 is 0 Å². The number of hydrogen-bond donors (Lipinski definition) is 0. The van der Waals surface area contributed by atoms with Gasteiger partial charge in [0.2, 0.25) is 5.43 Å². The SMILES string of the molecule is CCCCCCc1cc(=O)c(Oc2ccc([N+](=O)[O-])cc2)cn1C. The normalized spacial score (nSPS) is 10.6. The Labute approximate surface area is 140 Å². The van der Waals surface area contributed by atoms with Crippen LogP contribution in [0.25, 0.3) is 0 Å². The van der Waals surface area contributed by atoms with Crippen molar-refractivity contribution in [2.45, 2.75) is 39.0 Å². The molecule has 0 aliphatic carbocycles. The van der Waals surface area contributed by atoms with Gasteiger partial charge in [-0.2, -0.15) is 0 Å². The van der Waals surface area contributed by atoms with Crippen molar-refractivity contribution in [2.24, 2.45) is 7.05 Å². The number of ether oxygens (including phenoxy) is 1. The van der Waals surface area contributed by atoms with Gasteiger partial charge in [0.25, 0.3) is 5.69 Å². The molecule has 0 unspecified atom stereocenters. The van der Waals surface area contributed by atoms with E-state index in [4.69, 9.17) is 4.74 Å². The summed E-state index contributed by atoms with van der Waals surface area (Å²) in [7, 11) is 1.89. The zero-order valence-electron chi connectivity index (χ0n) is 14.0. The van der Waals surface area contributed by atoms with Gasteiger partial charge in [0, 0.05) is 30.9 Å². The molecular formula is C18H22N2O4. The van der Waals surface area contributed by atoms with Crippen LogP contribution < -0.4 is 10.2 Å². The molecule has 1 aromatic heterocycles. The maximum atomic E-state index is 12.2. The van der Waals surface area contributed by atoms with Crippen LogP contribution in [0.3, 0.4) is 0 Å². The number of rotatable bonds is 8. The first-order chi connectivity index (χ1) is 11.5. The molecule has 0 N–H and O–H groups in total. The van der Waals surface area contributed by atoms with Gasteiger partial charge in [-0.3, -0.25) is 14.9 Å². The predicted molar refractivity (Wildman–Crippen MR) is 92.7 cm³/mol. The second-order valence-electron chi connectivity index (χ2n) is 5.77. The van der Waals surface area contributed by atoms with Gasteiger partial charge >= 0.3 is 0 Å². The van der Waals surface area contributed by atoms with Crippen LogP contribution in [-0.4, -0.2) is 9.49 Å². The maximum absolute atomic E-state index is 12.2.